The summed E-state index contributed by atoms with van der Waals surface area (Å²) in [6.45, 7) is 1.67. The SMILES string of the molecule is COC(=O)C(C)C(NS(=O)O)(c1ccccc1)c1ccccc1. The highest BCUT2D eigenvalue weighted by atomic mass is 32.2. The molecule has 0 spiro atoms. The molecule has 0 saturated heterocycles. The zero-order chi connectivity index (χ0) is 16.9. The molecule has 2 rings (SSSR count). The van der Waals surface area contributed by atoms with Gasteiger partial charge in [0.15, 0.2) is 0 Å². The van der Waals surface area contributed by atoms with Crippen LogP contribution in [0.25, 0.3) is 0 Å². The molecule has 0 amide bonds. The van der Waals surface area contributed by atoms with Crippen molar-refractivity contribution >= 4 is 17.2 Å². The van der Waals surface area contributed by atoms with E-state index in [1.807, 2.05) is 60.7 Å². The van der Waals surface area contributed by atoms with E-state index >= 15 is 0 Å². The Morgan fingerprint density at radius 2 is 1.52 bits per heavy atom. The Balaban J connectivity index is 2.73. The molecule has 0 aliphatic rings. The Labute approximate surface area is 138 Å². The fraction of sp³-hybridized carbons (Fsp3) is 0.235. The Morgan fingerprint density at radius 3 is 1.87 bits per heavy atom. The maximum Gasteiger partial charge on any atom is 0.311 e. The molecule has 2 aromatic carbocycles. The quantitative estimate of drug-likeness (QED) is 0.629. The van der Waals surface area contributed by atoms with Gasteiger partial charge in [-0.1, -0.05) is 60.7 Å². The molecule has 6 heteroatoms. The van der Waals surface area contributed by atoms with Gasteiger partial charge in [0.2, 0.25) is 11.3 Å². The van der Waals surface area contributed by atoms with Crippen LogP contribution in [0.5, 0.6) is 0 Å². The van der Waals surface area contributed by atoms with Gasteiger partial charge in [-0.3, -0.25) is 9.35 Å². The topological polar surface area (TPSA) is 75.6 Å². The number of nitrogens with one attached hydrogen (secondary N) is 1. The van der Waals surface area contributed by atoms with E-state index in [-0.39, 0.29) is 0 Å². The van der Waals surface area contributed by atoms with Gasteiger partial charge in [0.25, 0.3) is 0 Å². The molecule has 122 valence electrons. The molecular weight excluding hydrogens is 314 g/mol. The summed E-state index contributed by atoms with van der Waals surface area (Å²) >= 11 is -2.33. The Kier molecular flexibility index (Phi) is 5.65. The molecule has 0 aromatic heterocycles. The average molecular weight is 333 g/mol. The number of methoxy groups -OCH3 is 1. The van der Waals surface area contributed by atoms with Gasteiger partial charge in [-0.25, -0.2) is 4.21 Å². The summed E-state index contributed by atoms with van der Waals surface area (Å²) in [5, 5.41) is 0. The van der Waals surface area contributed by atoms with Crippen LogP contribution in [0.4, 0.5) is 0 Å². The second kappa shape index (κ2) is 7.50. The normalized spacial score (nSPS) is 14.0. The van der Waals surface area contributed by atoms with Crippen molar-refractivity contribution in [3.05, 3.63) is 71.8 Å². The predicted octanol–water partition coefficient (Wildman–Crippen LogP) is 2.47. The van der Waals surface area contributed by atoms with Crippen LogP contribution in [0.1, 0.15) is 18.1 Å². The largest absolute Gasteiger partial charge is 0.469 e. The molecule has 23 heavy (non-hydrogen) atoms. The first kappa shape index (κ1) is 17.3. The predicted molar refractivity (Wildman–Crippen MR) is 88.8 cm³/mol. The summed E-state index contributed by atoms with van der Waals surface area (Å²) in [5.41, 5.74) is 0.216. The maximum absolute atomic E-state index is 12.2. The minimum absolute atomic E-state index is 0.476. The molecule has 2 N–H and O–H groups in total. The van der Waals surface area contributed by atoms with Crippen LogP contribution in [0.2, 0.25) is 0 Å². The minimum atomic E-state index is -2.33. The lowest BCUT2D eigenvalue weighted by molar-refractivity contribution is -0.147. The molecule has 2 aromatic rings. The van der Waals surface area contributed by atoms with Gasteiger partial charge >= 0.3 is 5.97 Å². The maximum atomic E-state index is 12.2. The lowest BCUT2D eigenvalue weighted by atomic mass is 9.74. The first-order chi connectivity index (χ1) is 11.0. The number of rotatable bonds is 6. The van der Waals surface area contributed by atoms with Crippen molar-refractivity contribution in [1.29, 1.82) is 0 Å². The van der Waals surface area contributed by atoms with E-state index in [0.29, 0.717) is 11.1 Å². The first-order valence-corrected chi connectivity index (χ1v) is 8.20. The summed E-state index contributed by atoms with van der Waals surface area (Å²) in [7, 11) is 1.30. The number of carbonyl (C=O) groups is 1. The second-order valence-corrected chi connectivity index (χ2v) is 5.84. The number of ether oxygens (including phenoxy) is 1. The fourth-order valence-corrected chi connectivity index (χ4v) is 3.45. The van der Waals surface area contributed by atoms with Gasteiger partial charge in [-0.15, -0.1) is 0 Å². The Bertz CT molecular complexity index is 636. The van der Waals surface area contributed by atoms with Crippen LogP contribution in [0.15, 0.2) is 60.7 Å². The summed E-state index contributed by atoms with van der Waals surface area (Å²) in [5.74, 6) is -1.20. The molecule has 2 atom stereocenters. The standard InChI is InChI=1S/C17H19NO4S/c1-13(16(19)22-2)17(18-23(20)21,14-9-5-3-6-10-14)15-11-7-4-8-12-15/h3-13,18H,1-2H3,(H,20,21). The number of benzene rings is 2. The van der Waals surface area contributed by atoms with Gasteiger partial charge in [-0.2, -0.15) is 4.72 Å². The van der Waals surface area contributed by atoms with Gasteiger partial charge in [0, 0.05) is 0 Å². The smallest absolute Gasteiger partial charge is 0.311 e. The average Bonchev–Trinajstić information content (AvgIpc) is 2.59. The van der Waals surface area contributed by atoms with Crippen LogP contribution < -0.4 is 4.72 Å². The van der Waals surface area contributed by atoms with Crippen LogP contribution in [-0.4, -0.2) is 21.8 Å². The van der Waals surface area contributed by atoms with E-state index in [0.717, 1.165) is 0 Å². The van der Waals surface area contributed by atoms with Crippen molar-refractivity contribution in [3.8, 4) is 0 Å². The van der Waals surface area contributed by atoms with Gasteiger partial charge in [0.05, 0.1) is 18.6 Å². The highest BCUT2D eigenvalue weighted by Gasteiger charge is 2.45. The summed E-state index contributed by atoms with van der Waals surface area (Å²) < 4.78 is 28.7. The van der Waals surface area contributed by atoms with E-state index in [1.165, 1.54) is 7.11 Å². The molecule has 0 aliphatic carbocycles. The molecule has 0 radical (unpaired) electrons. The Hall–Kier alpha value is -2.02. The number of hydrogen-bond donors (Lipinski definition) is 2. The summed E-state index contributed by atoms with van der Waals surface area (Å²) in [6.07, 6.45) is 0. The van der Waals surface area contributed by atoms with Crippen molar-refractivity contribution in [2.75, 3.05) is 7.11 Å². The fourth-order valence-electron chi connectivity index (χ4n) is 2.77. The molecule has 0 bridgehead atoms. The van der Waals surface area contributed by atoms with E-state index in [4.69, 9.17) is 4.74 Å². The third-order valence-electron chi connectivity index (χ3n) is 3.91. The molecule has 0 heterocycles. The molecule has 0 saturated carbocycles. The number of carbonyl (C=O) groups excluding carboxylic acids is 1. The summed E-state index contributed by atoms with van der Waals surface area (Å²) in [4.78, 5) is 12.2. The highest BCUT2D eigenvalue weighted by molar-refractivity contribution is 7.77. The lowest BCUT2D eigenvalue weighted by Gasteiger charge is -2.38. The third kappa shape index (κ3) is 3.50. The van der Waals surface area contributed by atoms with E-state index < -0.39 is 28.7 Å². The van der Waals surface area contributed by atoms with Gasteiger partial charge in [-0.05, 0) is 18.1 Å². The van der Waals surface area contributed by atoms with Crippen molar-refractivity contribution in [3.63, 3.8) is 0 Å². The highest BCUT2D eigenvalue weighted by Crippen LogP contribution is 2.37. The van der Waals surface area contributed by atoms with E-state index in [1.54, 1.807) is 6.92 Å². The van der Waals surface area contributed by atoms with Crippen molar-refractivity contribution < 1.29 is 18.3 Å². The van der Waals surface area contributed by atoms with Crippen molar-refractivity contribution in [2.45, 2.75) is 12.5 Å². The number of hydrogen-bond acceptors (Lipinski definition) is 3. The zero-order valence-corrected chi connectivity index (χ0v) is 13.7. The minimum Gasteiger partial charge on any atom is -0.469 e. The first-order valence-electron chi connectivity index (χ1n) is 7.10. The van der Waals surface area contributed by atoms with E-state index in [2.05, 4.69) is 4.72 Å². The molecule has 5 nitrogen and oxygen atoms in total. The summed E-state index contributed by atoms with van der Waals surface area (Å²) in [6, 6.07) is 18.2. The lowest BCUT2D eigenvalue weighted by Crippen LogP contribution is -2.52. The monoisotopic (exact) mass is 333 g/mol. The molecule has 2 unspecified atom stereocenters. The second-order valence-electron chi connectivity index (χ2n) is 5.14. The Morgan fingerprint density at radius 1 is 1.09 bits per heavy atom. The van der Waals surface area contributed by atoms with Crippen LogP contribution in [0.3, 0.4) is 0 Å². The van der Waals surface area contributed by atoms with Crippen molar-refractivity contribution in [1.82, 2.24) is 4.72 Å². The molecule has 0 aliphatic heterocycles. The van der Waals surface area contributed by atoms with Crippen LogP contribution >= 0.6 is 0 Å². The molecule has 0 fully saturated rings. The van der Waals surface area contributed by atoms with E-state index in [9.17, 15) is 13.6 Å². The van der Waals surface area contributed by atoms with Gasteiger partial charge in [0.1, 0.15) is 0 Å². The van der Waals surface area contributed by atoms with Crippen LogP contribution in [-0.2, 0) is 26.3 Å². The third-order valence-corrected chi connectivity index (χ3v) is 4.41. The van der Waals surface area contributed by atoms with Gasteiger partial charge < -0.3 is 4.74 Å². The number of esters is 1. The van der Waals surface area contributed by atoms with Crippen molar-refractivity contribution in [2.24, 2.45) is 5.92 Å². The zero-order valence-electron chi connectivity index (χ0n) is 12.9. The van der Waals surface area contributed by atoms with Crippen LogP contribution in [0, 0.1) is 5.92 Å². The molecular formula is C17H19NO4S.